The summed E-state index contributed by atoms with van der Waals surface area (Å²) in [7, 11) is 2.02. The maximum atomic E-state index is 12.1. The Kier molecular flexibility index (Phi) is 5.03. The Morgan fingerprint density at radius 3 is 2.76 bits per heavy atom. The third-order valence-corrected chi connectivity index (χ3v) is 4.87. The minimum Gasteiger partial charge on any atom is -0.465 e. The van der Waals surface area contributed by atoms with E-state index in [1.54, 1.807) is 13.1 Å². The van der Waals surface area contributed by atoms with Crippen molar-refractivity contribution in [3.05, 3.63) is 53.6 Å². The van der Waals surface area contributed by atoms with Crippen LogP contribution in [-0.2, 0) is 16.6 Å². The molecule has 1 aliphatic rings. The molecule has 1 N–H and O–H groups in total. The molecule has 6 nitrogen and oxygen atoms in total. The molecular weight excluding hydrogens is 336 g/mol. The summed E-state index contributed by atoms with van der Waals surface area (Å²) in [6, 6.07) is 9.68. The summed E-state index contributed by atoms with van der Waals surface area (Å²) in [6.45, 7) is 4.31. The topological polar surface area (TPSA) is 59.4 Å². The molecule has 132 valence electrons. The SMILES string of the molecule is CCOC(=O)CN1C(=S)N[C@H](c2ccccn2)[C@@H]1c1ccc(C)n1C. The van der Waals surface area contributed by atoms with Crippen molar-refractivity contribution in [1.29, 1.82) is 0 Å². The normalized spacial score (nSPS) is 19.8. The van der Waals surface area contributed by atoms with Gasteiger partial charge in [0, 0.05) is 24.6 Å². The summed E-state index contributed by atoms with van der Waals surface area (Å²) in [5.74, 6) is -0.288. The van der Waals surface area contributed by atoms with Crippen molar-refractivity contribution in [2.75, 3.05) is 13.2 Å². The van der Waals surface area contributed by atoms with Gasteiger partial charge < -0.3 is 19.5 Å². The van der Waals surface area contributed by atoms with Crippen LogP contribution in [0.3, 0.4) is 0 Å². The van der Waals surface area contributed by atoms with E-state index < -0.39 is 0 Å². The summed E-state index contributed by atoms with van der Waals surface area (Å²) in [6.07, 6.45) is 1.77. The molecule has 25 heavy (non-hydrogen) atoms. The highest BCUT2D eigenvalue weighted by atomic mass is 32.1. The summed E-state index contributed by atoms with van der Waals surface area (Å²) in [4.78, 5) is 18.5. The van der Waals surface area contributed by atoms with Gasteiger partial charge in [-0.1, -0.05) is 6.07 Å². The second-order valence-corrected chi connectivity index (χ2v) is 6.40. The highest BCUT2D eigenvalue weighted by Gasteiger charge is 2.42. The second kappa shape index (κ2) is 7.23. The summed E-state index contributed by atoms with van der Waals surface area (Å²) < 4.78 is 7.24. The fourth-order valence-electron chi connectivity index (χ4n) is 3.17. The van der Waals surface area contributed by atoms with E-state index in [1.165, 1.54) is 0 Å². The first-order valence-corrected chi connectivity index (χ1v) is 8.69. The summed E-state index contributed by atoms with van der Waals surface area (Å²) in [5, 5.41) is 3.86. The van der Waals surface area contributed by atoms with Gasteiger partial charge in [-0.25, -0.2) is 0 Å². The fraction of sp³-hybridized carbons (Fsp3) is 0.389. The van der Waals surface area contributed by atoms with Crippen molar-refractivity contribution < 1.29 is 9.53 Å². The van der Waals surface area contributed by atoms with E-state index in [9.17, 15) is 4.79 Å². The van der Waals surface area contributed by atoms with E-state index >= 15 is 0 Å². The number of nitrogens with zero attached hydrogens (tertiary/aromatic N) is 3. The minimum atomic E-state index is -0.288. The highest BCUT2D eigenvalue weighted by Crippen LogP contribution is 2.38. The van der Waals surface area contributed by atoms with Crippen LogP contribution in [0.4, 0.5) is 0 Å². The number of carbonyl (C=O) groups excluding carboxylic acids is 1. The first kappa shape index (κ1) is 17.4. The van der Waals surface area contributed by atoms with Crippen molar-refractivity contribution in [3.63, 3.8) is 0 Å². The van der Waals surface area contributed by atoms with Gasteiger partial charge in [-0.15, -0.1) is 0 Å². The molecule has 3 heterocycles. The highest BCUT2D eigenvalue weighted by molar-refractivity contribution is 7.80. The third kappa shape index (κ3) is 3.37. The molecule has 0 unspecified atom stereocenters. The lowest BCUT2D eigenvalue weighted by molar-refractivity contribution is -0.143. The van der Waals surface area contributed by atoms with E-state index in [0.717, 1.165) is 17.1 Å². The van der Waals surface area contributed by atoms with Gasteiger partial charge >= 0.3 is 5.97 Å². The van der Waals surface area contributed by atoms with Gasteiger partial charge in [0.25, 0.3) is 0 Å². The Morgan fingerprint density at radius 2 is 2.16 bits per heavy atom. The van der Waals surface area contributed by atoms with Crippen molar-refractivity contribution in [2.45, 2.75) is 25.9 Å². The van der Waals surface area contributed by atoms with Crippen LogP contribution in [0.1, 0.15) is 36.1 Å². The van der Waals surface area contributed by atoms with E-state index in [2.05, 4.69) is 33.9 Å². The molecule has 7 heteroatoms. The lowest BCUT2D eigenvalue weighted by Gasteiger charge is -2.27. The molecule has 1 aliphatic heterocycles. The van der Waals surface area contributed by atoms with Crippen LogP contribution in [0, 0.1) is 6.92 Å². The molecule has 1 saturated heterocycles. The Morgan fingerprint density at radius 1 is 1.36 bits per heavy atom. The zero-order chi connectivity index (χ0) is 18.0. The van der Waals surface area contributed by atoms with Gasteiger partial charge in [0.15, 0.2) is 5.11 Å². The monoisotopic (exact) mass is 358 g/mol. The average molecular weight is 358 g/mol. The number of esters is 1. The van der Waals surface area contributed by atoms with Crippen LogP contribution < -0.4 is 5.32 Å². The maximum Gasteiger partial charge on any atom is 0.325 e. The molecule has 0 radical (unpaired) electrons. The van der Waals surface area contributed by atoms with Crippen LogP contribution in [0.5, 0.6) is 0 Å². The number of aryl methyl sites for hydroxylation is 1. The van der Waals surface area contributed by atoms with Crippen LogP contribution in [0.15, 0.2) is 36.5 Å². The van der Waals surface area contributed by atoms with Crippen molar-refractivity contribution in [2.24, 2.45) is 7.05 Å². The van der Waals surface area contributed by atoms with Crippen LogP contribution in [-0.4, -0.2) is 38.7 Å². The molecule has 0 spiro atoms. The first-order valence-electron chi connectivity index (χ1n) is 8.28. The zero-order valence-corrected chi connectivity index (χ0v) is 15.4. The number of thiocarbonyl (C=S) groups is 1. The Hall–Kier alpha value is -2.41. The fourth-order valence-corrected chi connectivity index (χ4v) is 3.48. The lowest BCUT2D eigenvalue weighted by Crippen LogP contribution is -2.36. The van der Waals surface area contributed by atoms with Gasteiger partial charge in [-0.2, -0.15) is 0 Å². The van der Waals surface area contributed by atoms with Gasteiger partial charge in [0.05, 0.1) is 24.4 Å². The smallest absolute Gasteiger partial charge is 0.325 e. The summed E-state index contributed by atoms with van der Waals surface area (Å²) in [5.41, 5.74) is 3.11. The number of pyridine rings is 1. The predicted molar refractivity (Wildman–Crippen MR) is 98.9 cm³/mol. The third-order valence-electron chi connectivity index (χ3n) is 4.52. The van der Waals surface area contributed by atoms with Crippen molar-refractivity contribution in [3.8, 4) is 0 Å². The number of carbonyl (C=O) groups is 1. The van der Waals surface area contributed by atoms with E-state index in [-0.39, 0.29) is 24.6 Å². The van der Waals surface area contributed by atoms with Crippen LogP contribution in [0.25, 0.3) is 0 Å². The van der Waals surface area contributed by atoms with Crippen LogP contribution in [0.2, 0.25) is 0 Å². The van der Waals surface area contributed by atoms with E-state index in [1.807, 2.05) is 30.1 Å². The van der Waals surface area contributed by atoms with Gasteiger partial charge in [0.1, 0.15) is 6.54 Å². The van der Waals surface area contributed by atoms with Gasteiger partial charge in [-0.3, -0.25) is 9.78 Å². The minimum absolute atomic E-state index is 0.109. The first-order chi connectivity index (χ1) is 12.0. The molecule has 0 saturated carbocycles. The average Bonchev–Trinajstić information content (AvgIpc) is 3.09. The molecule has 2 atom stereocenters. The second-order valence-electron chi connectivity index (χ2n) is 6.02. The molecule has 1 fully saturated rings. The molecule has 0 bridgehead atoms. The van der Waals surface area contributed by atoms with Crippen molar-refractivity contribution >= 4 is 23.3 Å². The molecule has 2 aromatic heterocycles. The quantitative estimate of drug-likeness (QED) is 0.654. The number of nitrogens with one attached hydrogen (secondary N) is 1. The van der Waals surface area contributed by atoms with E-state index in [0.29, 0.717) is 11.7 Å². The summed E-state index contributed by atoms with van der Waals surface area (Å²) >= 11 is 5.52. The molecule has 2 aromatic rings. The largest absolute Gasteiger partial charge is 0.465 e. The molecule has 0 amide bonds. The number of hydrogen-bond donors (Lipinski definition) is 1. The zero-order valence-electron chi connectivity index (χ0n) is 14.6. The Balaban J connectivity index is 2.00. The van der Waals surface area contributed by atoms with E-state index in [4.69, 9.17) is 17.0 Å². The Labute approximate surface area is 152 Å². The molecule has 0 aliphatic carbocycles. The van der Waals surface area contributed by atoms with Crippen LogP contribution >= 0.6 is 12.2 Å². The molecular formula is C18H22N4O2S. The predicted octanol–water partition coefficient (Wildman–Crippen LogP) is 2.26. The van der Waals surface area contributed by atoms with Gasteiger partial charge in [-0.05, 0) is 50.3 Å². The molecule has 0 aromatic carbocycles. The Bertz CT molecular complexity index is 775. The molecule has 3 rings (SSSR count). The number of ether oxygens (including phenoxy) is 1. The maximum absolute atomic E-state index is 12.1. The van der Waals surface area contributed by atoms with Crippen molar-refractivity contribution in [1.82, 2.24) is 19.8 Å². The standard InChI is InChI=1S/C18H22N4O2S/c1-4-24-15(23)11-22-17(14-9-8-12(2)21(14)3)16(20-18(22)25)13-7-5-6-10-19-13/h5-10,16-17H,4,11H2,1-3H3,(H,20,25)/t16-,17+/m1/s1. The number of hydrogen-bond acceptors (Lipinski definition) is 4. The van der Waals surface area contributed by atoms with Gasteiger partial charge in [0.2, 0.25) is 0 Å². The number of rotatable bonds is 5. The lowest BCUT2D eigenvalue weighted by atomic mass is 10.0. The number of aromatic nitrogens is 2.